The average Bonchev–Trinajstić information content (AvgIpc) is 2.63. The fourth-order valence-corrected chi connectivity index (χ4v) is 3.12. The molecular weight excluding hydrogens is 396 g/mol. The van der Waals surface area contributed by atoms with E-state index in [-0.39, 0.29) is 5.91 Å². The highest BCUT2D eigenvalue weighted by Gasteiger charge is 2.15. The number of rotatable bonds is 6. The number of hydrogen-bond acceptors (Lipinski definition) is 4. The molecule has 0 fully saturated rings. The Hall–Kier alpha value is -2.05. The van der Waals surface area contributed by atoms with Gasteiger partial charge in [0.05, 0.1) is 6.54 Å². The summed E-state index contributed by atoms with van der Waals surface area (Å²) < 4.78 is 12.2. The summed E-state index contributed by atoms with van der Waals surface area (Å²) in [6, 6.07) is 13.9. The fraction of sp³-hybridized carbons (Fsp3) is 0.350. The molecule has 3 rings (SSSR count). The van der Waals surface area contributed by atoms with Crippen LogP contribution in [0.25, 0.3) is 0 Å². The van der Waals surface area contributed by atoms with Crippen LogP contribution in [0.15, 0.2) is 46.9 Å². The van der Waals surface area contributed by atoms with Gasteiger partial charge in [0.1, 0.15) is 13.2 Å². The zero-order chi connectivity index (χ0) is 18.5. The predicted molar refractivity (Wildman–Crippen MR) is 104 cm³/mol. The van der Waals surface area contributed by atoms with E-state index in [0.717, 1.165) is 27.1 Å². The molecule has 5 nitrogen and oxygen atoms in total. The number of amides is 1. The van der Waals surface area contributed by atoms with Crippen LogP contribution in [0, 0.1) is 0 Å². The number of carbonyl (C=O) groups is 1. The minimum atomic E-state index is 0.0907. The van der Waals surface area contributed by atoms with Crippen molar-refractivity contribution in [3.63, 3.8) is 0 Å². The van der Waals surface area contributed by atoms with Crippen LogP contribution in [0.1, 0.15) is 11.1 Å². The van der Waals surface area contributed by atoms with E-state index in [4.69, 9.17) is 9.47 Å². The summed E-state index contributed by atoms with van der Waals surface area (Å²) in [5, 5.41) is 0. The molecule has 0 aromatic heterocycles. The van der Waals surface area contributed by atoms with Crippen LogP contribution >= 0.6 is 15.9 Å². The quantitative estimate of drug-likeness (QED) is 0.721. The minimum Gasteiger partial charge on any atom is -0.486 e. The van der Waals surface area contributed by atoms with Crippen LogP contribution in [0.2, 0.25) is 0 Å². The Labute approximate surface area is 162 Å². The first-order valence-corrected chi connectivity index (χ1v) is 9.36. The molecule has 26 heavy (non-hydrogen) atoms. The van der Waals surface area contributed by atoms with Gasteiger partial charge in [0.15, 0.2) is 11.5 Å². The van der Waals surface area contributed by atoms with Crippen LogP contribution in [-0.2, 0) is 17.9 Å². The first-order chi connectivity index (χ1) is 12.5. The van der Waals surface area contributed by atoms with Crippen molar-refractivity contribution in [1.82, 2.24) is 9.80 Å². The van der Waals surface area contributed by atoms with Crippen molar-refractivity contribution in [2.75, 3.05) is 33.9 Å². The number of hydrogen-bond donors (Lipinski definition) is 0. The van der Waals surface area contributed by atoms with Crippen molar-refractivity contribution in [3.05, 3.63) is 58.1 Å². The molecule has 1 aliphatic rings. The molecule has 1 aliphatic heterocycles. The van der Waals surface area contributed by atoms with Gasteiger partial charge in [-0.2, -0.15) is 0 Å². The zero-order valence-electron chi connectivity index (χ0n) is 15.1. The van der Waals surface area contributed by atoms with Crippen molar-refractivity contribution >= 4 is 21.8 Å². The lowest BCUT2D eigenvalue weighted by atomic mass is 10.2. The molecule has 1 heterocycles. The molecule has 2 aromatic carbocycles. The van der Waals surface area contributed by atoms with Gasteiger partial charge in [0.2, 0.25) is 5.91 Å². The number of benzene rings is 2. The Bertz CT molecular complexity index is 764. The normalized spacial score (nSPS) is 12.9. The van der Waals surface area contributed by atoms with Crippen molar-refractivity contribution < 1.29 is 14.3 Å². The first-order valence-electron chi connectivity index (χ1n) is 8.57. The summed E-state index contributed by atoms with van der Waals surface area (Å²) in [6.07, 6.45) is 0. The smallest absolute Gasteiger partial charge is 0.236 e. The Kier molecular flexibility index (Phi) is 6.16. The fourth-order valence-electron chi connectivity index (χ4n) is 2.86. The Balaban J connectivity index is 1.52. The highest BCUT2D eigenvalue weighted by molar-refractivity contribution is 9.10. The summed E-state index contributed by atoms with van der Waals surface area (Å²) in [7, 11) is 3.78. The molecule has 6 heteroatoms. The second kappa shape index (κ2) is 8.56. The van der Waals surface area contributed by atoms with Gasteiger partial charge in [-0.25, -0.2) is 0 Å². The number of ether oxygens (including phenoxy) is 2. The van der Waals surface area contributed by atoms with Gasteiger partial charge in [-0.05, 0) is 42.4 Å². The highest BCUT2D eigenvalue weighted by Crippen LogP contribution is 2.31. The predicted octanol–water partition coefficient (Wildman–Crippen LogP) is 3.31. The molecule has 1 amide bonds. The lowest BCUT2D eigenvalue weighted by molar-refractivity contribution is -0.131. The highest BCUT2D eigenvalue weighted by atomic mass is 79.9. The van der Waals surface area contributed by atoms with Crippen LogP contribution < -0.4 is 9.47 Å². The molecule has 138 valence electrons. The molecule has 0 aliphatic carbocycles. The molecular formula is C20H23BrN2O3. The number of fused-ring (bicyclic) bond motifs is 1. The summed E-state index contributed by atoms with van der Waals surface area (Å²) in [5.41, 5.74) is 2.21. The molecule has 2 aromatic rings. The van der Waals surface area contributed by atoms with E-state index in [0.29, 0.717) is 32.8 Å². The summed E-state index contributed by atoms with van der Waals surface area (Å²) >= 11 is 3.42. The molecule has 0 bridgehead atoms. The third-order valence-corrected chi connectivity index (χ3v) is 4.75. The lowest BCUT2D eigenvalue weighted by Crippen LogP contribution is -2.36. The van der Waals surface area contributed by atoms with Crippen LogP contribution in [0.3, 0.4) is 0 Å². The van der Waals surface area contributed by atoms with Gasteiger partial charge in [-0.1, -0.05) is 34.1 Å². The van der Waals surface area contributed by atoms with Crippen molar-refractivity contribution in [3.8, 4) is 11.5 Å². The van der Waals surface area contributed by atoms with Gasteiger partial charge in [-0.15, -0.1) is 0 Å². The van der Waals surface area contributed by atoms with E-state index in [1.807, 2.05) is 61.5 Å². The maximum atomic E-state index is 12.5. The van der Waals surface area contributed by atoms with Crippen molar-refractivity contribution in [1.29, 1.82) is 0 Å². The minimum absolute atomic E-state index is 0.0907. The number of halogens is 1. The van der Waals surface area contributed by atoms with E-state index in [1.165, 1.54) is 0 Å². The standard InChI is InChI=1S/C20H23BrN2O3/c1-22(12-16-5-8-18-19(11-16)26-10-9-25-18)14-20(24)23(2)13-15-3-6-17(21)7-4-15/h3-8,11H,9-10,12-14H2,1-2H3. The van der Waals surface area contributed by atoms with Gasteiger partial charge in [0, 0.05) is 24.6 Å². The largest absolute Gasteiger partial charge is 0.486 e. The Morgan fingerprint density at radius 1 is 0.962 bits per heavy atom. The third-order valence-electron chi connectivity index (χ3n) is 4.22. The SMILES string of the molecule is CN(CC(=O)N(C)Cc1ccc(Br)cc1)Cc1ccc2c(c1)OCCO2. The van der Waals surface area contributed by atoms with E-state index in [1.54, 1.807) is 4.90 Å². The van der Waals surface area contributed by atoms with E-state index >= 15 is 0 Å². The topological polar surface area (TPSA) is 42.0 Å². The summed E-state index contributed by atoms with van der Waals surface area (Å²) in [5.74, 6) is 1.65. The van der Waals surface area contributed by atoms with Gasteiger partial charge in [0.25, 0.3) is 0 Å². The van der Waals surface area contributed by atoms with Crippen LogP contribution in [-0.4, -0.2) is 49.6 Å². The molecule has 0 N–H and O–H groups in total. The molecule has 0 atom stereocenters. The number of likely N-dealkylation sites (N-methyl/N-ethyl adjacent to an activating group) is 2. The van der Waals surface area contributed by atoms with Crippen molar-refractivity contribution in [2.45, 2.75) is 13.1 Å². The molecule has 0 saturated carbocycles. The third kappa shape index (κ3) is 4.99. The molecule has 0 radical (unpaired) electrons. The zero-order valence-corrected chi connectivity index (χ0v) is 16.7. The van der Waals surface area contributed by atoms with E-state index < -0.39 is 0 Å². The van der Waals surface area contributed by atoms with Gasteiger partial charge < -0.3 is 14.4 Å². The summed E-state index contributed by atoms with van der Waals surface area (Å²) in [6.45, 7) is 2.80. The second-order valence-electron chi connectivity index (χ2n) is 6.53. The van der Waals surface area contributed by atoms with Crippen LogP contribution in [0.4, 0.5) is 0 Å². The first kappa shape index (κ1) is 18.7. The maximum Gasteiger partial charge on any atom is 0.236 e. The summed E-state index contributed by atoms with van der Waals surface area (Å²) in [4.78, 5) is 16.2. The van der Waals surface area contributed by atoms with Gasteiger partial charge >= 0.3 is 0 Å². The van der Waals surface area contributed by atoms with Crippen molar-refractivity contribution in [2.24, 2.45) is 0 Å². The average molecular weight is 419 g/mol. The van der Waals surface area contributed by atoms with Gasteiger partial charge in [-0.3, -0.25) is 9.69 Å². The second-order valence-corrected chi connectivity index (χ2v) is 7.44. The van der Waals surface area contributed by atoms with E-state index in [2.05, 4.69) is 15.9 Å². The lowest BCUT2D eigenvalue weighted by Gasteiger charge is -2.23. The molecule has 0 saturated heterocycles. The number of carbonyl (C=O) groups excluding carboxylic acids is 1. The number of nitrogens with zero attached hydrogens (tertiary/aromatic N) is 2. The monoisotopic (exact) mass is 418 g/mol. The molecule has 0 unspecified atom stereocenters. The van der Waals surface area contributed by atoms with E-state index in [9.17, 15) is 4.79 Å². The maximum absolute atomic E-state index is 12.5. The Morgan fingerprint density at radius 2 is 1.62 bits per heavy atom. The Morgan fingerprint density at radius 3 is 2.35 bits per heavy atom. The van der Waals surface area contributed by atoms with Crippen LogP contribution in [0.5, 0.6) is 11.5 Å². The molecule has 0 spiro atoms.